The van der Waals surface area contributed by atoms with Gasteiger partial charge in [0.15, 0.2) is 0 Å². The molecule has 0 bridgehead atoms. The maximum atomic E-state index is 10.4. The molecule has 2 rings (SSSR count). The van der Waals surface area contributed by atoms with Crippen molar-refractivity contribution in [1.82, 2.24) is 5.32 Å². The number of ether oxygens (including phenoxy) is 2. The van der Waals surface area contributed by atoms with Gasteiger partial charge in [-0.1, -0.05) is 11.6 Å². The number of rotatable bonds is 6. The highest BCUT2D eigenvalue weighted by atomic mass is 16.5. The number of hydrogen-bond acceptors (Lipinski definition) is 4. The summed E-state index contributed by atoms with van der Waals surface area (Å²) >= 11 is 0. The predicted molar refractivity (Wildman–Crippen MR) is 79.1 cm³/mol. The Morgan fingerprint density at radius 3 is 2.80 bits per heavy atom. The van der Waals surface area contributed by atoms with E-state index in [0.29, 0.717) is 18.7 Å². The lowest BCUT2D eigenvalue weighted by Crippen LogP contribution is -2.31. The maximum Gasteiger partial charge on any atom is 0.124 e. The summed E-state index contributed by atoms with van der Waals surface area (Å²) in [5.74, 6) is 0.742. The van der Waals surface area contributed by atoms with Crippen LogP contribution in [0.15, 0.2) is 18.2 Å². The SMILES string of the molecule is COc1ccc(C)cc1C(O)CNC1CCC(OC)C1. The van der Waals surface area contributed by atoms with Gasteiger partial charge in [-0.15, -0.1) is 0 Å². The van der Waals surface area contributed by atoms with Gasteiger partial charge in [-0.2, -0.15) is 0 Å². The molecular weight excluding hydrogens is 254 g/mol. The van der Waals surface area contributed by atoms with Crippen molar-refractivity contribution in [2.75, 3.05) is 20.8 Å². The van der Waals surface area contributed by atoms with E-state index in [1.54, 1.807) is 14.2 Å². The van der Waals surface area contributed by atoms with E-state index in [4.69, 9.17) is 9.47 Å². The van der Waals surface area contributed by atoms with Crippen LogP contribution < -0.4 is 10.1 Å². The Morgan fingerprint density at radius 1 is 1.35 bits per heavy atom. The van der Waals surface area contributed by atoms with E-state index in [2.05, 4.69) is 5.32 Å². The van der Waals surface area contributed by atoms with Crippen LogP contribution in [-0.2, 0) is 4.74 Å². The summed E-state index contributed by atoms with van der Waals surface area (Å²) < 4.78 is 10.7. The Kier molecular flexibility index (Phi) is 5.40. The van der Waals surface area contributed by atoms with Gasteiger partial charge in [0.25, 0.3) is 0 Å². The Balaban J connectivity index is 1.92. The maximum absolute atomic E-state index is 10.4. The summed E-state index contributed by atoms with van der Waals surface area (Å²) in [7, 11) is 3.40. The molecule has 20 heavy (non-hydrogen) atoms. The number of nitrogens with one attached hydrogen (secondary N) is 1. The lowest BCUT2D eigenvalue weighted by molar-refractivity contribution is 0.105. The highest BCUT2D eigenvalue weighted by Crippen LogP contribution is 2.27. The third-order valence-electron chi connectivity index (χ3n) is 4.06. The molecule has 0 spiro atoms. The van der Waals surface area contributed by atoms with Gasteiger partial charge in [-0.05, 0) is 38.3 Å². The molecule has 1 saturated carbocycles. The first-order valence-electron chi connectivity index (χ1n) is 7.22. The van der Waals surface area contributed by atoms with Crippen LogP contribution >= 0.6 is 0 Å². The number of hydrogen-bond donors (Lipinski definition) is 2. The standard InChI is InChI=1S/C16H25NO3/c1-11-4-7-16(20-3)14(8-11)15(18)10-17-12-5-6-13(9-12)19-2/h4,7-8,12-13,15,17-18H,5-6,9-10H2,1-3H3. The first-order chi connectivity index (χ1) is 9.63. The minimum absolute atomic E-state index is 0.359. The summed E-state index contributed by atoms with van der Waals surface area (Å²) in [6.45, 7) is 2.56. The van der Waals surface area contributed by atoms with Crippen LogP contribution in [0.25, 0.3) is 0 Å². The zero-order valence-electron chi connectivity index (χ0n) is 12.6. The van der Waals surface area contributed by atoms with Crippen LogP contribution in [0, 0.1) is 6.92 Å². The van der Waals surface area contributed by atoms with Gasteiger partial charge in [0.1, 0.15) is 5.75 Å². The van der Waals surface area contributed by atoms with E-state index >= 15 is 0 Å². The fourth-order valence-electron chi connectivity index (χ4n) is 2.84. The average molecular weight is 279 g/mol. The van der Waals surface area contributed by atoms with Crippen LogP contribution in [0.2, 0.25) is 0 Å². The van der Waals surface area contributed by atoms with Crippen molar-refractivity contribution < 1.29 is 14.6 Å². The summed E-state index contributed by atoms with van der Waals surface area (Å²) in [4.78, 5) is 0. The largest absolute Gasteiger partial charge is 0.496 e. The minimum Gasteiger partial charge on any atom is -0.496 e. The van der Waals surface area contributed by atoms with Crippen LogP contribution in [0.4, 0.5) is 0 Å². The van der Waals surface area contributed by atoms with Crippen molar-refractivity contribution >= 4 is 0 Å². The second-order valence-electron chi connectivity index (χ2n) is 5.54. The first kappa shape index (κ1) is 15.3. The zero-order chi connectivity index (χ0) is 14.5. The Bertz CT molecular complexity index is 436. The second-order valence-corrected chi connectivity index (χ2v) is 5.54. The van der Waals surface area contributed by atoms with Gasteiger partial charge in [0.05, 0.1) is 19.3 Å². The molecule has 0 saturated heterocycles. The van der Waals surface area contributed by atoms with Crippen LogP contribution in [-0.4, -0.2) is 38.0 Å². The molecule has 112 valence electrons. The molecule has 3 unspecified atom stereocenters. The molecule has 1 aliphatic rings. The zero-order valence-corrected chi connectivity index (χ0v) is 12.6. The van der Waals surface area contributed by atoms with Crippen molar-refractivity contribution in [2.24, 2.45) is 0 Å². The van der Waals surface area contributed by atoms with Gasteiger partial charge < -0.3 is 19.9 Å². The molecule has 0 heterocycles. The van der Waals surface area contributed by atoms with Gasteiger partial charge >= 0.3 is 0 Å². The molecule has 0 amide bonds. The lowest BCUT2D eigenvalue weighted by Gasteiger charge is -2.19. The smallest absolute Gasteiger partial charge is 0.124 e. The molecule has 0 aliphatic heterocycles. The normalized spacial score (nSPS) is 23.8. The number of aliphatic hydroxyl groups excluding tert-OH is 1. The average Bonchev–Trinajstić information content (AvgIpc) is 2.92. The molecule has 0 radical (unpaired) electrons. The first-order valence-corrected chi connectivity index (χ1v) is 7.22. The molecule has 1 aromatic rings. The highest BCUT2D eigenvalue weighted by Gasteiger charge is 2.25. The van der Waals surface area contributed by atoms with Crippen molar-refractivity contribution in [3.05, 3.63) is 29.3 Å². The van der Waals surface area contributed by atoms with E-state index in [0.717, 1.165) is 36.1 Å². The van der Waals surface area contributed by atoms with Gasteiger partial charge in [-0.3, -0.25) is 0 Å². The monoisotopic (exact) mass is 279 g/mol. The molecule has 2 N–H and O–H groups in total. The topological polar surface area (TPSA) is 50.7 Å². The van der Waals surface area contributed by atoms with E-state index in [-0.39, 0.29) is 0 Å². The van der Waals surface area contributed by atoms with Crippen LogP contribution in [0.5, 0.6) is 5.75 Å². The highest BCUT2D eigenvalue weighted by molar-refractivity contribution is 5.38. The molecule has 0 aromatic heterocycles. The number of methoxy groups -OCH3 is 2. The predicted octanol–water partition coefficient (Wildman–Crippen LogP) is 2.19. The van der Waals surface area contributed by atoms with Crippen molar-refractivity contribution in [3.63, 3.8) is 0 Å². The van der Waals surface area contributed by atoms with E-state index in [1.165, 1.54) is 0 Å². The van der Waals surface area contributed by atoms with Gasteiger partial charge in [0.2, 0.25) is 0 Å². The fourth-order valence-corrected chi connectivity index (χ4v) is 2.84. The molecule has 4 nitrogen and oxygen atoms in total. The third kappa shape index (κ3) is 3.72. The second kappa shape index (κ2) is 7.07. The molecule has 1 aliphatic carbocycles. The Morgan fingerprint density at radius 2 is 2.15 bits per heavy atom. The number of aliphatic hydroxyl groups is 1. The Hall–Kier alpha value is -1.10. The van der Waals surface area contributed by atoms with Crippen molar-refractivity contribution in [2.45, 2.75) is 44.4 Å². The summed E-state index contributed by atoms with van der Waals surface area (Å²) in [6, 6.07) is 6.32. The van der Waals surface area contributed by atoms with Crippen molar-refractivity contribution in [3.8, 4) is 5.75 Å². The van der Waals surface area contributed by atoms with Crippen LogP contribution in [0.3, 0.4) is 0 Å². The fraction of sp³-hybridized carbons (Fsp3) is 0.625. The van der Waals surface area contributed by atoms with Gasteiger partial charge in [0, 0.05) is 25.3 Å². The molecule has 1 aromatic carbocycles. The minimum atomic E-state index is -0.550. The van der Waals surface area contributed by atoms with E-state index < -0.39 is 6.10 Å². The van der Waals surface area contributed by atoms with Crippen LogP contribution in [0.1, 0.15) is 36.5 Å². The van der Waals surface area contributed by atoms with Gasteiger partial charge in [-0.25, -0.2) is 0 Å². The van der Waals surface area contributed by atoms with Crippen molar-refractivity contribution in [1.29, 1.82) is 0 Å². The molecule has 1 fully saturated rings. The number of aryl methyl sites for hydroxylation is 1. The number of benzene rings is 1. The third-order valence-corrected chi connectivity index (χ3v) is 4.06. The Labute approximate surface area is 121 Å². The lowest BCUT2D eigenvalue weighted by atomic mass is 10.0. The summed E-state index contributed by atoms with van der Waals surface area (Å²) in [5.41, 5.74) is 1.97. The molecule has 3 atom stereocenters. The van der Waals surface area contributed by atoms with E-state index in [9.17, 15) is 5.11 Å². The summed E-state index contributed by atoms with van der Waals surface area (Å²) in [6.07, 6.45) is 3.03. The van der Waals surface area contributed by atoms with E-state index in [1.807, 2.05) is 25.1 Å². The molecule has 4 heteroatoms. The summed E-state index contributed by atoms with van der Waals surface area (Å²) in [5, 5.41) is 13.8. The molecular formula is C16H25NO3. The quantitative estimate of drug-likeness (QED) is 0.838.